The molecule has 1 atom stereocenters. The first-order valence-electron chi connectivity index (χ1n) is 5.40. The topological polar surface area (TPSA) is 29.5 Å². The standard InChI is InChI=1S/C11H21NO2/c1-5-9-6-7-12(8-9)10(13)14-11(2,3)4/h9H,5-8H2,1-4H3/t9-/m1/s1. The number of hydrogen-bond acceptors (Lipinski definition) is 2. The Balaban J connectivity index is 2.40. The molecule has 1 saturated heterocycles. The zero-order valence-electron chi connectivity index (χ0n) is 9.67. The number of rotatable bonds is 1. The number of nitrogens with zero attached hydrogens (tertiary/aromatic N) is 1. The van der Waals surface area contributed by atoms with Crippen LogP contribution in [0.2, 0.25) is 0 Å². The molecular weight excluding hydrogens is 178 g/mol. The van der Waals surface area contributed by atoms with Crippen LogP contribution in [0.5, 0.6) is 0 Å². The zero-order chi connectivity index (χ0) is 10.8. The quantitative estimate of drug-likeness (QED) is 0.649. The number of ether oxygens (including phenoxy) is 1. The van der Waals surface area contributed by atoms with E-state index in [0.29, 0.717) is 5.92 Å². The van der Waals surface area contributed by atoms with Crippen molar-refractivity contribution in [3.63, 3.8) is 0 Å². The van der Waals surface area contributed by atoms with E-state index >= 15 is 0 Å². The van der Waals surface area contributed by atoms with Crippen LogP contribution in [0.25, 0.3) is 0 Å². The van der Waals surface area contributed by atoms with Gasteiger partial charge in [-0.05, 0) is 33.1 Å². The van der Waals surface area contributed by atoms with E-state index in [-0.39, 0.29) is 11.7 Å². The van der Waals surface area contributed by atoms with Gasteiger partial charge in [-0.1, -0.05) is 13.3 Å². The van der Waals surface area contributed by atoms with Crippen molar-refractivity contribution in [1.29, 1.82) is 0 Å². The normalized spacial score (nSPS) is 22.6. The average molecular weight is 199 g/mol. The van der Waals surface area contributed by atoms with Gasteiger partial charge in [-0.2, -0.15) is 0 Å². The Bertz CT molecular complexity index is 208. The Kier molecular flexibility index (Phi) is 3.40. The van der Waals surface area contributed by atoms with Gasteiger partial charge in [-0.3, -0.25) is 0 Å². The fourth-order valence-electron chi connectivity index (χ4n) is 1.66. The smallest absolute Gasteiger partial charge is 0.410 e. The fraction of sp³-hybridized carbons (Fsp3) is 0.909. The minimum absolute atomic E-state index is 0.159. The van der Waals surface area contributed by atoms with Gasteiger partial charge in [0.05, 0.1) is 0 Å². The third kappa shape index (κ3) is 3.20. The van der Waals surface area contributed by atoms with Crippen LogP contribution in [-0.2, 0) is 4.74 Å². The summed E-state index contributed by atoms with van der Waals surface area (Å²) in [5, 5.41) is 0. The number of likely N-dealkylation sites (tertiary alicyclic amines) is 1. The zero-order valence-corrected chi connectivity index (χ0v) is 9.67. The summed E-state index contributed by atoms with van der Waals surface area (Å²) < 4.78 is 5.30. The second-order valence-corrected chi connectivity index (χ2v) is 4.99. The van der Waals surface area contributed by atoms with E-state index in [1.54, 1.807) is 0 Å². The Morgan fingerprint density at radius 3 is 2.57 bits per heavy atom. The molecular formula is C11H21NO2. The lowest BCUT2D eigenvalue weighted by Crippen LogP contribution is -2.35. The molecule has 0 radical (unpaired) electrons. The fourth-order valence-corrected chi connectivity index (χ4v) is 1.66. The highest BCUT2D eigenvalue weighted by Crippen LogP contribution is 2.21. The number of carbonyl (C=O) groups is 1. The summed E-state index contributed by atoms with van der Waals surface area (Å²) in [7, 11) is 0. The summed E-state index contributed by atoms with van der Waals surface area (Å²) >= 11 is 0. The molecule has 0 aromatic heterocycles. The molecule has 0 unspecified atom stereocenters. The summed E-state index contributed by atoms with van der Waals surface area (Å²) in [5.41, 5.74) is -0.374. The van der Waals surface area contributed by atoms with Crippen LogP contribution in [0.4, 0.5) is 4.79 Å². The molecule has 3 nitrogen and oxygen atoms in total. The molecule has 0 N–H and O–H groups in total. The van der Waals surface area contributed by atoms with Crippen molar-refractivity contribution in [3.8, 4) is 0 Å². The number of amides is 1. The van der Waals surface area contributed by atoms with Gasteiger partial charge < -0.3 is 9.64 Å². The molecule has 0 saturated carbocycles. The van der Waals surface area contributed by atoms with E-state index in [2.05, 4.69) is 6.92 Å². The molecule has 0 aromatic carbocycles. The second kappa shape index (κ2) is 4.20. The molecule has 0 aromatic rings. The van der Waals surface area contributed by atoms with Gasteiger partial charge >= 0.3 is 6.09 Å². The Morgan fingerprint density at radius 1 is 1.50 bits per heavy atom. The number of carbonyl (C=O) groups excluding carboxylic acids is 1. The molecule has 1 aliphatic heterocycles. The highest BCUT2D eigenvalue weighted by atomic mass is 16.6. The first-order chi connectivity index (χ1) is 6.42. The van der Waals surface area contributed by atoms with E-state index in [9.17, 15) is 4.79 Å². The first kappa shape index (κ1) is 11.3. The minimum atomic E-state index is -0.374. The van der Waals surface area contributed by atoms with Gasteiger partial charge in [-0.15, -0.1) is 0 Å². The van der Waals surface area contributed by atoms with Crippen molar-refractivity contribution in [2.75, 3.05) is 13.1 Å². The molecule has 1 amide bonds. The van der Waals surface area contributed by atoms with Crippen molar-refractivity contribution >= 4 is 6.09 Å². The molecule has 3 heteroatoms. The molecule has 82 valence electrons. The summed E-state index contributed by atoms with van der Waals surface area (Å²) in [6.07, 6.45) is 2.11. The third-order valence-electron chi connectivity index (χ3n) is 2.51. The summed E-state index contributed by atoms with van der Waals surface area (Å²) in [6, 6.07) is 0. The third-order valence-corrected chi connectivity index (χ3v) is 2.51. The van der Waals surface area contributed by atoms with Crippen LogP contribution < -0.4 is 0 Å². The number of hydrogen-bond donors (Lipinski definition) is 0. The van der Waals surface area contributed by atoms with Crippen LogP contribution in [0.3, 0.4) is 0 Å². The Labute approximate surface area is 86.4 Å². The first-order valence-corrected chi connectivity index (χ1v) is 5.40. The van der Waals surface area contributed by atoms with Crippen LogP contribution in [0.1, 0.15) is 40.5 Å². The van der Waals surface area contributed by atoms with Crippen LogP contribution in [-0.4, -0.2) is 29.7 Å². The van der Waals surface area contributed by atoms with Crippen molar-refractivity contribution in [2.24, 2.45) is 5.92 Å². The van der Waals surface area contributed by atoms with Gasteiger partial charge in [0.25, 0.3) is 0 Å². The van der Waals surface area contributed by atoms with Gasteiger partial charge in [0.15, 0.2) is 0 Å². The molecule has 1 fully saturated rings. The average Bonchev–Trinajstić information content (AvgIpc) is 2.48. The minimum Gasteiger partial charge on any atom is -0.444 e. The molecule has 0 bridgehead atoms. The highest BCUT2D eigenvalue weighted by Gasteiger charge is 2.28. The van der Waals surface area contributed by atoms with Crippen LogP contribution >= 0.6 is 0 Å². The van der Waals surface area contributed by atoms with E-state index < -0.39 is 0 Å². The Morgan fingerprint density at radius 2 is 2.14 bits per heavy atom. The highest BCUT2D eigenvalue weighted by molar-refractivity contribution is 5.68. The van der Waals surface area contributed by atoms with Gasteiger partial charge in [-0.25, -0.2) is 4.79 Å². The van der Waals surface area contributed by atoms with E-state index in [1.807, 2.05) is 25.7 Å². The van der Waals surface area contributed by atoms with Crippen molar-refractivity contribution in [1.82, 2.24) is 4.90 Å². The molecule has 0 aliphatic carbocycles. The lowest BCUT2D eigenvalue weighted by molar-refractivity contribution is 0.0288. The maximum Gasteiger partial charge on any atom is 0.410 e. The lowest BCUT2D eigenvalue weighted by Gasteiger charge is -2.24. The summed E-state index contributed by atoms with van der Waals surface area (Å²) in [6.45, 7) is 9.59. The predicted molar refractivity (Wildman–Crippen MR) is 56.2 cm³/mol. The monoisotopic (exact) mass is 199 g/mol. The van der Waals surface area contributed by atoms with Gasteiger partial charge in [0.2, 0.25) is 0 Å². The van der Waals surface area contributed by atoms with Gasteiger partial charge in [0, 0.05) is 13.1 Å². The van der Waals surface area contributed by atoms with Crippen molar-refractivity contribution in [3.05, 3.63) is 0 Å². The van der Waals surface area contributed by atoms with E-state index in [1.165, 1.54) is 0 Å². The second-order valence-electron chi connectivity index (χ2n) is 4.99. The molecule has 0 spiro atoms. The largest absolute Gasteiger partial charge is 0.444 e. The SMILES string of the molecule is CC[C@@H]1CCN(C(=O)OC(C)(C)C)C1. The van der Waals surface area contributed by atoms with Crippen LogP contribution in [0, 0.1) is 5.92 Å². The predicted octanol–water partition coefficient (Wildman–Crippen LogP) is 2.65. The molecule has 1 heterocycles. The Hall–Kier alpha value is -0.730. The molecule has 1 rings (SSSR count). The summed E-state index contributed by atoms with van der Waals surface area (Å²) in [5.74, 6) is 0.669. The summed E-state index contributed by atoms with van der Waals surface area (Å²) in [4.78, 5) is 13.4. The maximum atomic E-state index is 11.6. The van der Waals surface area contributed by atoms with Crippen LogP contribution in [0.15, 0.2) is 0 Å². The van der Waals surface area contributed by atoms with E-state index in [0.717, 1.165) is 25.9 Å². The van der Waals surface area contributed by atoms with E-state index in [4.69, 9.17) is 4.74 Å². The maximum absolute atomic E-state index is 11.6. The lowest BCUT2D eigenvalue weighted by atomic mass is 10.1. The van der Waals surface area contributed by atoms with Crippen molar-refractivity contribution < 1.29 is 9.53 Å². The molecule has 1 aliphatic rings. The molecule has 14 heavy (non-hydrogen) atoms. The van der Waals surface area contributed by atoms with Crippen molar-refractivity contribution in [2.45, 2.75) is 46.1 Å². The van der Waals surface area contributed by atoms with Gasteiger partial charge in [0.1, 0.15) is 5.60 Å².